The monoisotopic (exact) mass is 257 g/mol. The van der Waals surface area contributed by atoms with Gasteiger partial charge in [0, 0.05) is 11.3 Å². The van der Waals surface area contributed by atoms with Crippen LogP contribution in [0.15, 0.2) is 34.7 Å². The molecule has 2 fully saturated rings. The Morgan fingerprint density at radius 3 is 2.84 bits per heavy atom. The zero-order chi connectivity index (χ0) is 12.8. The van der Waals surface area contributed by atoms with Crippen molar-refractivity contribution in [1.29, 1.82) is 0 Å². The summed E-state index contributed by atoms with van der Waals surface area (Å²) in [5.41, 5.74) is 0.974. The van der Waals surface area contributed by atoms with E-state index < -0.39 is 0 Å². The fourth-order valence-corrected chi connectivity index (χ4v) is 3.75. The molecule has 2 aliphatic heterocycles. The average molecular weight is 257 g/mol. The molecule has 4 rings (SSSR count). The van der Waals surface area contributed by atoms with Crippen LogP contribution in [0.3, 0.4) is 0 Å². The van der Waals surface area contributed by atoms with Crippen molar-refractivity contribution < 1.29 is 9.15 Å². The molecule has 1 N–H and O–H groups in total. The van der Waals surface area contributed by atoms with Gasteiger partial charge in [0.2, 0.25) is 0 Å². The minimum atomic E-state index is 0.266. The zero-order valence-corrected chi connectivity index (χ0v) is 11.1. The zero-order valence-electron chi connectivity index (χ0n) is 11.1. The van der Waals surface area contributed by atoms with Crippen LogP contribution >= 0.6 is 0 Å². The quantitative estimate of drug-likeness (QED) is 0.916. The van der Waals surface area contributed by atoms with Crippen molar-refractivity contribution in [2.75, 3.05) is 7.05 Å². The molecule has 3 heteroatoms. The number of fused-ring (bicyclic) bond motifs is 3. The fraction of sp³-hybridized carbons (Fsp3) is 0.500. The lowest BCUT2D eigenvalue weighted by atomic mass is 9.83. The predicted molar refractivity (Wildman–Crippen MR) is 74.0 cm³/mol. The summed E-state index contributed by atoms with van der Waals surface area (Å²) < 4.78 is 12.0. The molecule has 0 amide bonds. The van der Waals surface area contributed by atoms with Gasteiger partial charge in [-0.3, -0.25) is 0 Å². The first-order valence-electron chi connectivity index (χ1n) is 7.16. The van der Waals surface area contributed by atoms with E-state index in [9.17, 15) is 0 Å². The number of nitrogens with one attached hydrogen (secondary N) is 1. The summed E-state index contributed by atoms with van der Waals surface area (Å²) in [7, 11) is 2.02. The van der Waals surface area contributed by atoms with E-state index in [1.54, 1.807) is 0 Å². The van der Waals surface area contributed by atoms with Crippen LogP contribution in [0.4, 0.5) is 0 Å². The lowest BCUT2D eigenvalue weighted by Crippen LogP contribution is -2.31. The van der Waals surface area contributed by atoms with Crippen molar-refractivity contribution in [1.82, 2.24) is 5.32 Å². The highest BCUT2D eigenvalue weighted by Crippen LogP contribution is 2.45. The third kappa shape index (κ3) is 1.80. The Kier molecular flexibility index (Phi) is 2.64. The molecule has 19 heavy (non-hydrogen) atoms. The molecule has 3 nitrogen and oxygen atoms in total. The molecule has 100 valence electrons. The van der Waals surface area contributed by atoms with E-state index >= 15 is 0 Å². The summed E-state index contributed by atoms with van der Waals surface area (Å²) in [4.78, 5) is 0. The molecule has 1 aromatic carbocycles. The number of para-hydroxylation sites is 1. The molecule has 3 heterocycles. The Labute approximate surface area is 112 Å². The first-order valence-corrected chi connectivity index (χ1v) is 7.16. The molecule has 2 bridgehead atoms. The first kappa shape index (κ1) is 11.5. The molecule has 2 saturated heterocycles. The molecule has 0 spiro atoms. The normalized spacial score (nSPS) is 31.1. The lowest BCUT2D eigenvalue weighted by Gasteiger charge is -2.26. The minimum Gasteiger partial charge on any atom is -0.459 e. The lowest BCUT2D eigenvalue weighted by molar-refractivity contribution is 0.0846. The first-order chi connectivity index (χ1) is 9.35. The molecule has 2 aliphatic rings. The average Bonchev–Trinajstić information content (AvgIpc) is 3.13. The van der Waals surface area contributed by atoms with Gasteiger partial charge >= 0.3 is 0 Å². The topological polar surface area (TPSA) is 34.4 Å². The van der Waals surface area contributed by atoms with E-state index in [2.05, 4.69) is 23.5 Å². The molecule has 1 aromatic heterocycles. The van der Waals surface area contributed by atoms with Crippen molar-refractivity contribution >= 4 is 11.0 Å². The summed E-state index contributed by atoms with van der Waals surface area (Å²) in [5, 5.41) is 4.61. The third-order valence-electron chi connectivity index (χ3n) is 4.64. The number of rotatable bonds is 3. The van der Waals surface area contributed by atoms with Gasteiger partial charge in [-0.15, -0.1) is 0 Å². The summed E-state index contributed by atoms with van der Waals surface area (Å²) >= 11 is 0. The number of hydrogen-bond donors (Lipinski definition) is 1. The minimum absolute atomic E-state index is 0.266. The Balaban J connectivity index is 1.68. The SMILES string of the molecule is CNC(c1cc2ccccc2o1)C1CC2CCC1O2. The van der Waals surface area contributed by atoms with Gasteiger partial charge in [-0.2, -0.15) is 0 Å². The maximum Gasteiger partial charge on any atom is 0.134 e. The van der Waals surface area contributed by atoms with Gasteiger partial charge in [0.05, 0.1) is 18.2 Å². The number of hydrogen-bond acceptors (Lipinski definition) is 3. The molecular formula is C16H19NO2. The second-order valence-corrected chi connectivity index (χ2v) is 5.73. The largest absolute Gasteiger partial charge is 0.459 e. The summed E-state index contributed by atoms with van der Waals surface area (Å²) in [6, 6.07) is 10.6. The fourth-order valence-electron chi connectivity index (χ4n) is 3.75. The Morgan fingerprint density at radius 2 is 2.16 bits per heavy atom. The molecule has 0 radical (unpaired) electrons. The molecular weight excluding hydrogens is 238 g/mol. The Bertz CT molecular complexity index is 558. The van der Waals surface area contributed by atoms with E-state index in [4.69, 9.17) is 9.15 Å². The van der Waals surface area contributed by atoms with Gasteiger partial charge in [0.1, 0.15) is 11.3 Å². The van der Waals surface area contributed by atoms with Crippen molar-refractivity contribution in [3.63, 3.8) is 0 Å². The third-order valence-corrected chi connectivity index (χ3v) is 4.64. The van der Waals surface area contributed by atoms with Crippen LogP contribution in [0.25, 0.3) is 11.0 Å². The van der Waals surface area contributed by atoms with Gasteiger partial charge in [-0.1, -0.05) is 18.2 Å². The van der Waals surface area contributed by atoms with Crippen molar-refractivity contribution in [2.24, 2.45) is 5.92 Å². The van der Waals surface area contributed by atoms with Crippen LogP contribution in [0.1, 0.15) is 31.1 Å². The highest BCUT2D eigenvalue weighted by Gasteiger charge is 2.45. The molecule has 0 saturated carbocycles. The standard InChI is InChI=1S/C16H19NO2/c1-17-16(12-9-11-6-7-14(12)18-11)15-8-10-4-2-3-5-13(10)19-15/h2-5,8,11-12,14,16-17H,6-7,9H2,1H3. The second-order valence-electron chi connectivity index (χ2n) is 5.73. The van der Waals surface area contributed by atoms with Gasteiger partial charge in [0.15, 0.2) is 0 Å². The van der Waals surface area contributed by atoms with Gasteiger partial charge in [-0.05, 0) is 38.4 Å². The van der Waals surface area contributed by atoms with Gasteiger partial charge < -0.3 is 14.5 Å². The van der Waals surface area contributed by atoms with E-state index in [0.717, 1.165) is 17.8 Å². The molecule has 0 aliphatic carbocycles. The highest BCUT2D eigenvalue weighted by atomic mass is 16.5. The van der Waals surface area contributed by atoms with Gasteiger partial charge in [-0.25, -0.2) is 0 Å². The van der Waals surface area contributed by atoms with Crippen LogP contribution in [-0.4, -0.2) is 19.3 Å². The molecule has 2 aromatic rings. The van der Waals surface area contributed by atoms with Crippen LogP contribution in [0, 0.1) is 5.92 Å². The molecule has 4 unspecified atom stereocenters. The van der Waals surface area contributed by atoms with E-state index in [0.29, 0.717) is 18.1 Å². The maximum atomic E-state index is 6.02. The maximum absolute atomic E-state index is 6.02. The Morgan fingerprint density at radius 1 is 1.26 bits per heavy atom. The Hall–Kier alpha value is -1.32. The van der Waals surface area contributed by atoms with E-state index in [1.165, 1.54) is 18.2 Å². The van der Waals surface area contributed by atoms with Gasteiger partial charge in [0.25, 0.3) is 0 Å². The summed E-state index contributed by atoms with van der Waals surface area (Å²) in [6.07, 6.45) is 4.49. The number of ether oxygens (including phenoxy) is 1. The van der Waals surface area contributed by atoms with Crippen LogP contribution in [0.2, 0.25) is 0 Å². The van der Waals surface area contributed by atoms with Crippen molar-refractivity contribution in [3.05, 3.63) is 36.1 Å². The van der Waals surface area contributed by atoms with Crippen molar-refractivity contribution in [2.45, 2.75) is 37.5 Å². The van der Waals surface area contributed by atoms with E-state index in [1.807, 2.05) is 19.2 Å². The van der Waals surface area contributed by atoms with Crippen LogP contribution in [0.5, 0.6) is 0 Å². The predicted octanol–water partition coefficient (Wildman–Crippen LogP) is 3.26. The summed E-state index contributed by atoms with van der Waals surface area (Å²) in [5.74, 6) is 1.59. The number of furan rings is 1. The van der Waals surface area contributed by atoms with Crippen molar-refractivity contribution in [3.8, 4) is 0 Å². The second kappa shape index (κ2) is 4.36. The number of benzene rings is 1. The summed E-state index contributed by atoms with van der Waals surface area (Å²) in [6.45, 7) is 0. The smallest absolute Gasteiger partial charge is 0.134 e. The highest BCUT2D eigenvalue weighted by molar-refractivity contribution is 5.77. The van der Waals surface area contributed by atoms with E-state index in [-0.39, 0.29) is 6.04 Å². The van der Waals surface area contributed by atoms with Crippen LogP contribution in [-0.2, 0) is 4.74 Å². The van der Waals surface area contributed by atoms with Crippen LogP contribution < -0.4 is 5.32 Å². The molecule has 4 atom stereocenters.